The molecule has 1 N–H and O–H groups in total. The van der Waals surface area contributed by atoms with Crippen LogP contribution in [0.25, 0.3) is 0 Å². The second-order valence-corrected chi connectivity index (χ2v) is 7.97. The Bertz CT molecular complexity index is 978. The first-order valence-corrected chi connectivity index (χ1v) is 10.3. The Hall–Kier alpha value is -2.96. The third kappa shape index (κ3) is 4.09. The van der Waals surface area contributed by atoms with Crippen LogP contribution in [0, 0.1) is 0 Å². The number of hydrogen-bond donors (Lipinski definition) is 1. The van der Waals surface area contributed by atoms with Crippen molar-refractivity contribution < 1.29 is 9.59 Å². The average Bonchev–Trinajstić information content (AvgIpc) is 3.05. The van der Waals surface area contributed by atoms with Gasteiger partial charge < -0.3 is 10.2 Å². The van der Waals surface area contributed by atoms with Crippen molar-refractivity contribution in [2.24, 2.45) is 0 Å². The molecule has 0 spiro atoms. The lowest BCUT2D eigenvalue weighted by Gasteiger charge is -2.23. The second kappa shape index (κ2) is 8.19. The van der Waals surface area contributed by atoms with Gasteiger partial charge in [-0.2, -0.15) is 5.10 Å². The summed E-state index contributed by atoms with van der Waals surface area (Å²) >= 11 is 0. The van der Waals surface area contributed by atoms with Crippen LogP contribution in [0.15, 0.2) is 41.2 Å². The van der Waals surface area contributed by atoms with Crippen LogP contribution in [0.3, 0.4) is 0 Å². The lowest BCUT2D eigenvalue weighted by atomic mass is 9.95. The van der Waals surface area contributed by atoms with Crippen LogP contribution >= 0.6 is 0 Å². The predicted octanol–water partition coefficient (Wildman–Crippen LogP) is 2.28. The van der Waals surface area contributed by atoms with Crippen molar-refractivity contribution in [3.05, 3.63) is 58.0 Å². The van der Waals surface area contributed by atoms with Crippen LogP contribution in [0.4, 0.5) is 5.69 Å². The van der Waals surface area contributed by atoms with Gasteiger partial charge in [0.1, 0.15) is 12.2 Å². The van der Waals surface area contributed by atoms with E-state index in [0.29, 0.717) is 0 Å². The highest BCUT2D eigenvalue weighted by molar-refractivity contribution is 6.06. The van der Waals surface area contributed by atoms with Crippen molar-refractivity contribution in [2.75, 3.05) is 4.90 Å². The van der Waals surface area contributed by atoms with Crippen LogP contribution in [-0.2, 0) is 17.8 Å². The molecule has 0 radical (unpaired) electrons. The SMILES string of the molecule is CC1Cc2ccccc2N1C(=O)c1ccc(=O)n(CC(=O)NC2CCCCC2)n1. The van der Waals surface area contributed by atoms with Gasteiger partial charge in [0.05, 0.1) is 0 Å². The van der Waals surface area contributed by atoms with E-state index in [2.05, 4.69) is 10.4 Å². The van der Waals surface area contributed by atoms with Crippen molar-refractivity contribution in [3.8, 4) is 0 Å². The molecule has 7 heteroatoms. The van der Waals surface area contributed by atoms with Crippen molar-refractivity contribution >= 4 is 17.5 Å². The Kier molecular flexibility index (Phi) is 5.47. The fourth-order valence-corrected chi connectivity index (χ4v) is 4.33. The quantitative estimate of drug-likeness (QED) is 0.862. The molecule has 1 saturated carbocycles. The van der Waals surface area contributed by atoms with E-state index in [1.54, 1.807) is 4.90 Å². The zero-order valence-electron chi connectivity index (χ0n) is 16.6. The number of nitrogens with one attached hydrogen (secondary N) is 1. The minimum absolute atomic E-state index is 0.0108. The van der Waals surface area contributed by atoms with Gasteiger partial charge >= 0.3 is 0 Å². The molecular formula is C22H26N4O3. The molecule has 2 aromatic rings. The second-order valence-electron chi connectivity index (χ2n) is 7.97. The van der Waals surface area contributed by atoms with Crippen LogP contribution < -0.4 is 15.8 Å². The van der Waals surface area contributed by atoms with E-state index in [0.717, 1.165) is 48.0 Å². The summed E-state index contributed by atoms with van der Waals surface area (Å²) in [5, 5.41) is 7.19. The van der Waals surface area contributed by atoms with E-state index in [-0.39, 0.29) is 36.1 Å². The number of carbonyl (C=O) groups excluding carboxylic acids is 2. The van der Waals surface area contributed by atoms with Gasteiger partial charge in [-0.25, -0.2) is 4.68 Å². The number of rotatable bonds is 4. The molecule has 1 unspecified atom stereocenters. The summed E-state index contributed by atoms with van der Waals surface area (Å²) in [5.74, 6) is -0.500. The van der Waals surface area contributed by atoms with Crippen LogP contribution in [0.5, 0.6) is 0 Å². The molecular weight excluding hydrogens is 368 g/mol. The fourth-order valence-electron chi connectivity index (χ4n) is 4.33. The first-order valence-electron chi connectivity index (χ1n) is 10.3. The fraction of sp³-hybridized carbons (Fsp3) is 0.455. The molecule has 1 atom stereocenters. The summed E-state index contributed by atoms with van der Waals surface area (Å²) in [6.45, 7) is 1.81. The van der Waals surface area contributed by atoms with Crippen molar-refractivity contribution in [3.63, 3.8) is 0 Å². The molecule has 2 aliphatic rings. The Morgan fingerprint density at radius 1 is 1.10 bits per heavy atom. The highest BCUT2D eigenvalue weighted by atomic mass is 16.2. The summed E-state index contributed by atoms with van der Waals surface area (Å²) in [6.07, 6.45) is 6.16. The first kappa shape index (κ1) is 19.4. The monoisotopic (exact) mass is 394 g/mol. The summed E-state index contributed by atoms with van der Waals surface area (Å²) in [7, 11) is 0. The number of nitrogens with zero attached hydrogens (tertiary/aromatic N) is 3. The molecule has 29 heavy (non-hydrogen) atoms. The van der Waals surface area contributed by atoms with Gasteiger partial charge in [-0.3, -0.25) is 14.4 Å². The number of aromatic nitrogens is 2. The Balaban J connectivity index is 1.51. The highest BCUT2D eigenvalue weighted by Gasteiger charge is 2.32. The van der Waals surface area contributed by atoms with E-state index in [4.69, 9.17) is 0 Å². The largest absolute Gasteiger partial charge is 0.352 e. The predicted molar refractivity (Wildman–Crippen MR) is 110 cm³/mol. The third-order valence-corrected chi connectivity index (χ3v) is 5.78. The van der Waals surface area contributed by atoms with Crippen LogP contribution in [-0.4, -0.2) is 33.7 Å². The molecule has 0 saturated heterocycles. The molecule has 152 valence electrons. The third-order valence-electron chi connectivity index (χ3n) is 5.78. The highest BCUT2D eigenvalue weighted by Crippen LogP contribution is 2.32. The molecule has 0 bridgehead atoms. The van der Waals surface area contributed by atoms with Gasteiger partial charge in [0, 0.05) is 23.8 Å². The van der Waals surface area contributed by atoms with E-state index in [1.165, 1.54) is 18.6 Å². The number of anilines is 1. The maximum absolute atomic E-state index is 13.1. The zero-order chi connectivity index (χ0) is 20.4. The molecule has 2 amide bonds. The standard InChI is InChI=1S/C22H26N4O3/c1-15-13-16-7-5-6-10-19(16)26(15)22(29)18-11-12-21(28)25(24-18)14-20(27)23-17-8-3-2-4-9-17/h5-7,10-12,15,17H,2-4,8-9,13-14H2,1H3,(H,23,27). The maximum atomic E-state index is 13.1. The van der Waals surface area contributed by atoms with Gasteiger partial charge in [-0.1, -0.05) is 37.5 Å². The zero-order valence-corrected chi connectivity index (χ0v) is 16.6. The number of hydrogen-bond acceptors (Lipinski definition) is 4. The molecule has 1 aliphatic heterocycles. The maximum Gasteiger partial charge on any atom is 0.278 e. The normalized spacial score (nSPS) is 19.1. The smallest absolute Gasteiger partial charge is 0.278 e. The molecule has 1 aromatic heterocycles. The number of carbonyl (C=O) groups is 2. The van der Waals surface area contributed by atoms with Gasteiger partial charge in [-0.15, -0.1) is 0 Å². The van der Waals surface area contributed by atoms with Gasteiger partial charge in [0.25, 0.3) is 11.5 Å². The number of benzene rings is 1. The summed E-state index contributed by atoms with van der Waals surface area (Å²) < 4.78 is 1.08. The topological polar surface area (TPSA) is 84.3 Å². The van der Waals surface area contributed by atoms with Gasteiger partial charge in [0.15, 0.2) is 0 Å². The molecule has 4 rings (SSSR count). The van der Waals surface area contributed by atoms with E-state index in [9.17, 15) is 14.4 Å². The lowest BCUT2D eigenvalue weighted by molar-refractivity contribution is -0.122. The molecule has 7 nitrogen and oxygen atoms in total. The summed E-state index contributed by atoms with van der Waals surface area (Å²) in [4.78, 5) is 39.4. The van der Waals surface area contributed by atoms with Crippen molar-refractivity contribution in [1.29, 1.82) is 0 Å². The lowest BCUT2D eigenvalue weighted by Crippen LogP contribution is -2.41. The summed E-state index contributed by atoms with van der Waals surface area (Å²) in [5.41, 5.74) is 1.77. The first-order chi connectivity index (χ1) is 14.0. The molecule has 1 fully saturated rings. The molecule has 1 aliphatic carbocycles. The molecule has 1 aromatic carbocycles. The Morgan fingerprint density at radius 3 is 2.66 bits per heavy atom. The van der Waals surface area contributed by atoms with Gasteiger partial charge in [0.2, 0.25) is 5.91 Å². The number of amides is 2. The van der Waals surface area contributed by atoms with Crippen molar-refractivity contribution in [2.45, 2.75) is 64.1 Å². The Morgan fingerprint density at radius 2 is 1.86 bits per heavy atom. The summed E-state index contributed by atoms with van der Waals surface area (Å²) in [6, 6.07) is 10.7. The van der Waals surface area contributed by atoms with E-state index >= 15 is 0 Å². The minimum Gasteiger partial charge on any atom is -0.352 e. The van der Waals surface area contributed by atoms with E-state index in [1.807, 2.05) is 31.2 Å². The van der Waals surface area contributed by atoms with Crippen LogP contribution in [0.2, 0.25) is 0 Å². The van der Waals surface area contributed by atoms with E-state index < -0.39 is 5.56 Å². The van der Waals surface area contributed by atoms with Crippen molar-refractivity contribution in [1.82, 2.24) is 15.1 Å². The van der Waals surface area contributed by atoms with Gasteiger partial charge in [-0.05, 0) is 43.9 Å². The van der Waals surface area contributed by atoms with Crippen LogP contribution in [0.1, 0.15) is 55.1 Å². The minimum atomic E-state index is -0.393. The number of fused-ring (bicyclic) bond motifs is 1. The molecule has 2 heterocycles. The average molecular weight is 394 g/mol. The number of para-hydroxylation sites is 1. The Labute approximate surface area is 169 Å².